The number of halogens is 2. The number of aromatic nitrogens is 1. The van der Waals surface area contributed by atoms with Crippen LogP contribution in [0.25, 0.3) is 0 Å². The molecule has 3 heterocycles. The van der Waals surface area contributed by atoms with Crippen LogP contribution in [-0.4, -0.2) is 34.6 Å². The fourth-order valence-electron chi connectivity index (χ4n) is 7.96. The highest BCUT2D eigenvalue weighted by Gasteiger charge is 2.69. The maximum absolute atomic E-state index is 14.0. The molecule has 3 aromatic carbocycles. The van der Waals surface area contributed by atoms with E-state index in [4.69, 9.17) is 4.74 Å². The van der Waals surface area contributed by atoms with E-state index in [1.165, 1.54) is 29.2 Å². The highest BCUT2D eigenvalue weighted by molar-refractivity contribution is 9.10. The predicted octanol–water partition coefficient (Wildman–Crippen LogP) is 6.03. The Labute approximate surface area is 273 Å². The number of aromatic amines is 1. The summed E-state index contributed by atoms with van der Waals surface area (Å²) in [6, 6.07) is 20.2. The van der Waals surface area contributed by atoms with Crippen LogP contribution >= 0.6 is 39.0 Å². The van der Waals surface area contributed by atoms with Gasteiger partial charge in [-0.15, -0.1) is 11.8 Å². The average Bonchev–Trinajstić information content (AvgIpc) is 3.77. The van der Waals surface area contributed by atoms with Crippen molar-refractivity contribution in [3.63, 3.8) is 0 Å². The van der Waals surface area contributed by atoms with Crippen LogP contribution in [-0.2, 0) is 14.4 Å². The quantitative estimate of drug-likeness (QED) is 0.237. The van der Waals surface area contributed by atoms with Crippen molar-refractivity contribution >= 4 is 68.1 Å². The summed E-state index contributed by atoms with van der Waals surface area (Å²) >= 11 is 6.39. The fraction of sp³-hybridized carbons (Fsp3) is 0.273. The van der Waals surface area contributed by atoms with Crippen LogP contribution in [0.3, 0.4) is 0 Å². The van der Waals surface area contributed by atoms with Gasteiger partial charge in [0, 0.05) is 31.8 Å². The second-order valence-electron chi connectivity index (χ2n) is 11.8. The Morgan fingerprint density at radius 2 is 1.73 bits per heavy atom. The first-order valence-corrected chi connectivity index (χ1v) is 17.1. The lowest BCUT2D eigenvalue weighted by Gasteiger charge is -2.43. The van der Waals surface area contributed by atoms with Gasteiger partial charge in [0.05, 0.1) is 22.5 Å². The summed E-state index contributed by atoms with van der Waals surface area (Å²) in [5, 5.41) is 3.52. The third-order valence-electron chi connectivity index (χ3n) is 9.53. The lowest BCUT2D eigenvalue weighted by Crippen LogP contribution is -2.42. The molecule has 2 aliphatic heterocycles. The van der Waals surface area contributed by atoms with Crippen molar-refractivity contribution in [3.05, 3.63) is 103 Å². The number of thiazole rings is 1. The number of carbonyl (C=O) groups is 3. The number of rotatable bonds is 6. The Bertz CT molecular complexity index is 1920. The highest BCUT2D eigenvalue weighted by Crippen LogP contribution is 2.69. The summed E-state index contributed by atoms with van der Waals surface area (Å²) in [5.74, 6) is -1.81. The SMILES string of the molecule is O=C(COc1ccc(Br)cc1[C@H]1c2sc(=O)[nH]c2SC2C3CC(C4C(=O)N(c5ccccc5)C(=O)C34)C21)Nc1ccc(F)cc1. The van der Waals surface area contributed by atoms with Gasteiger partial charge in [-0.05, 0) is 78.8 Å². The van der Waals surface area contributed by atoms with Crippen molar-refractivity contribution in [1.29, 1.82) is 0 Å². The number of amides is 3. The zero-order chi connectivity index (χ0) is 31.0. The molecule has 2 aliphatic carbocycles. The van der Waals surface area contributed by atoms with Crippen molar-refractivity contribution < 1.29 is 23.5 Å². The van der Waals surface area contributed by atoms with E-state index in [0.29, 0.717) is 17.1 Å². The second kappa shape index (κ2) is 11.0. The zero-order valence-electron chi connectivity index (χ0n) is 23.4. The van der Waals surface area contributed by atoms with Crippen molar-refractivity contribution in [1.82, 2.24) is 4.98 Å². The minimum absolute atomic E-state index is 0.0140. The summed E-state index contributed by atoms with van der Waals surface area (Å²) in [4.78, 5) is 58.4. The van der Waals surface area contributed by atoms with Gasteiger partial charge < -0.3 is 15.0 Å². The van der Waals surface area contributed by atoms with Gasteiger partial charge in [-0.1, -0.05) is 45.5 Å². The summed E-state index contributed by atoms with van der Waals surface area (Å²) in [5.41, 5.74) is 1.86. The number of ether oxygens (including phenoxy) is 1. The van der Waals surface area contributed by atoms with Gasteiger partial charge in [-0.3, -0.25) is 24.1 Å². The van der Waals surface area contributed by atoms with Gasteiger partial charge in [-0.2, -0.15) is 0 Å². The molecular formula is C33H25BrFN3O5S2. The molecule has 4 aromatic rings. The molecule has 8 nitrogen and oxygen atoms in total. The Hall–Kier alpha value is -3.74. The van der Waals surface area contributed by atoms with Crippen LogP contribution in [0.15, 0.2) is 87.1 Å². The summed E-state index contributed by atoms with van der Waals surface area (Å²) in [6.45, 7) is -0.284. The molecule has 45 heavy (non-hydrogen) atoms. The maximum atomic E-state index is 14.0. The number of thioether (sulfide) groups is 1. The number of H-pyrrole nitrogens is 1. The molecule has 7 atom stereocenters. The van der Waals surface area contributed by atoms with Crippen LogP contribution in [0.2, 0.25) is 0 Å². The monoisotopic (exact) mass is 705 g/mol. The number of anilines is 2. The minimum Gasteiger partial charge on any atom is -0.483 e. The van der Waals surface area contributed by atoms with E-state index < -0.39 is 23.6 Å². The summed E-state index contributed by atoms with van der Waals surface area (Å²) in [6.07, 6.45) is 0.762. The summed E-state index contributed by atoms with van der Waals surface area (Å²) < 4.78 is 20.2. The number of nitrogens with zero attached hydrogens (tertiary/aromatic N) is 1. The molecule has 4 aliphatic rings. The lowest BCUT2D eigenvalue weighted by molar-refractivity contribution is -0.123. The molecule has 12 heteroatoms. The Morgan fingerprint density at radius 1 is 1.00 bits per heavy atom. The van der Waals surface area contributed by atoms with Gasteiger partial charge >= 0.3 is 4.87 Å². The molecule has 0 radical (unpaired) electrons. The van der Waals surface area contributed by atoms with Gasteiger partial charge in [0.15, 0.2) is 6.61 Å². The van der Waals surface area contributed by atoms with Gasteiger partial charge in [0.2, 0.25) is 11.8 Å². The Morgan fingerprint density at radius 3 is 2.49 bits per heavy atom. The molecule has 3 amide bonds. The van der Waals surface area contributed by atoms with Crippen molar-refractivity contribution in [2.45, 2.75) is 22.6 Å². The largest absolute Gasteiger partial charge is 0.483 e. The number of fused-ring (bicyclic) bond motifs is 9. The molecule has 2 N–H and O–H groups in total. The van der Waals surface area contributed by atoms with Crippen molar-refractivity contribution in [3.8, 4) is 5.75 Å². The van der Waals surface area contributed by atoms with Crippen LogP contribution < -0.4 is 19.8 Å². The second-order valence-corrected chi connectivity index (χ2v) is 15.0. The fourth-order valence-corrected chi connectivity index (χ4v) is 11.2. The van der Waals surface area contributed by atoms with Crippen LogP contribution in [0, 0.1) is 35.4 Å². The van der Waals surface area contributed by atoms with Gasteiger partial charge in [0.25, 0.3) is 5.91 Å². The maximum Gasteiger partial charge on any atom is 0.305 e. The highest BCUT2D eigenvalue weighted by atomic mass is 79.9. The molecule has 1 saturated heterocycles. The minimum atomic E-state index is -0.428. The molecule has 1 aromatic heterocycles. The Kier molecular flexibility index (Phi) is 6.99. The van der Waals surface area contributed by atoms with E-state index in [1.54, 1.807) is 30.0 Å². The number of carbonyl (C=O) groups excluding carboxylic acids is 3. The third-order valence-corrected chi connectivity index (χ3v) is 12.6. The smallest absolute Gasteiger partial charge is 0.305 e. The van der Waals surface area contributed by atoms with E-state index in [2.05, 4.69) is 26.2 Å². The predicted molar refractivity (Wildman–Crippen MR) is 172 cm³/mol. The first-order valence-electron chi connectivity index (χ1n) is 14.6. The Balaban J connectivity index is 1.14. The first kappa shape index (κ1) is 28.7. The molecule has 2 bridgehead atoms. The standard InChI is InChI=1S/C33H25BrFN3O5S2/c34-15-6-11-22(43-14-23(39)36-17-9-7-16(35)8-10-17)19(12-15)24-25-20-13-21(28(25)44-30-29(24)45-33(42)37-30)27-26(20)31(40)38(32(27)41)18-4-2-1-3-5-18/h1-12,20-21,24-28H,13-14H2,(H,36,39)(H,37,42)/t20?,21?,24-,25?,26?,27?,28?/m1/s1. The number of hydrogen-bond donors (Lipinski definition) is 2. The third kappa shape index (κ3) is 4.68. The number of para-hydroxylation sites is 1. The number of benzene rings is 3. The van der Waals surface area contributed by atoms with E-state index in [0.717, 1.165) is 37.7 Å². The van der Waals surface area contributed by atoms with Crippen LogP contribution in [0.5, 0.6) is 5.75 Å². The van der Waals surface area contributed by atoms with E-state index >= 15 is 0 Å². The lowest BCUT2D eigenvalue weighted by atomic mass is 9.68. The van der Waals surface area contributed by atoms with Crippen LogP contribution in [0.1, 0.15) is 22.8 Å². The van der Waals surface area contributed by atoms with Crippen molar-refractivity contribution in [2.24, 2.45) is 29.6 Å². The number of imide groups is 1. The average molecular weight is 707 g/mol. The molecular weight excluding hydrogens is 681 g/mol. The molecule has 6 unspecified atom stereocenters. The van der Waals surface area contributed by atoms with Crippen molar-refractivity contribution in [2.75, 3.05) is 16.8 Å². The van der Waals surface area contributed by atoms with Gasteiger partial charge in [0.1, 0.15) is 11.6 Å². The van der Waals surface area contributed by atoms with E-state index in [-0.39, 0.29) is 52.2 Å². The molecule has 3 fully saturated rings. The molecule has 8 rings (SSSR count). The van der Waals surface area contributed by atoms with Crippen LogP contribution in [0.4, 0.5) is 15.8 Å². The normalized spacial score (nSPS) is 27.7. The topological polar surface area (TPSA) is 109 Å². The zero-order valence-corrected chi connectivity index (χ0v) is 26.7. The van der Waals surface area contributed by atoms with E-state index in [1.807, 2.05) is 30.3 Å². The molecule has 0 spiro atoms. The number of hydrogen-bond acceptors (Lipinski definition) is 7. The molecule has 2 saturated carbocycles. The van der Waals surface area contributed by atoms with E-state index in [9.17, 15) is 23.6 Å². The molecule has 228 valence electrons. The first-order chi connectivity index (χ1) is 21.8. The summed E-state index contributed by atoms with van der Waals surface area (Å²) in [7, 11) is 0. The number of nitrogens with one attached hydrogen (secondary N) is 2. The van der Waals surface area contributed by atoms with Gasteiger partial charge in [-0.25, -0.2) is 4.39 Å².